The molecule has 0 aromatic heterocycles. The zero-order valence-electron chi connectivity index (χ0n) is 15.7. The molecule has 6 heteroatoms. The summed E-state index contributed by atoms with van der Waals surface area (Å²) in [5.41, 5.74) is 3.35. The molecular formula is C21H23N3O3. The maximum atomic E-state index is 12.8. The van der Waals surface area contributed by atoms with Crippen molar-refractivity contribution in [1.82, 2.24) is 4.90 Å². The lowest BCUT2D eigenvalue weighted by Crippen LogP contribution is -2.39. The highest BCUT2D eigenvalue weighted by Crippen LogP contribution is 2.26. The van der Waals surface area contributed by atoms with Gasteiger partial charge in [-0.3, -0.25) is 19.4 Å². The van der Waals surface area contributed by atoms with Gasteiger partial charge in [-0.05, 0) is 43.5 Å². The van der Waals surface area contributed by atoms with Crippen LogP contribution in [0.5, 0.6) is 0 Å². The van der Waals surface area contributed by atoms with Crippen LogP contribution in [0.1, 0.15) is 25.0 Å². The van der Waals surface area contributed by atoms with Crippen LogP contribution in [0.3, 0.4) is 0 Å². The van der Waals surface area contributed by atoms with Crippen molar-refractivity contribution in [2.24, 2.45) is 0 Å². The van der Waals surface area contributed by atoms with Crippen molar-refractivity contribution >= 4 is 29.2 Å². The monoisotopic (exact) mass is 365 g/mol. The van der Waals surface area contributed by atoms with E-state index in [9.17, 15) is 14.4 Å². The van der Waals surface area contributed by atoms with Crippen LogP contribution in [0.2, 0.25) is 0 Å². The molecule has 1 saturated heterocycles. The summed E-state index contributed by atoms with van der Waals surface area (Å²) < 4.78 is 0. The number of amides is 4. The van der Waals surface area contributed by atoms with Crippen LogP contribution in [-0.4, -0.2) is 35.3 Å². The Morgan fingerprint density at radius 2 is 1.78 bits per heavy atom. The second-order valence-electron chi connectivity index (χ2n) is 6.60. The Balaban J connectivity index is 1.77. The van der Waals surface area contributed by atoms with E-state index < -0.39 is 12.1 Å². The van der Waals surface area contributed by atoms with Crippen LogP contribution in [0.25, 0.3) is 0 Å². The van der Waals surface area contributed by atoms with Gasteiger partial charge in [0.15, 0.2) is 0 Å². The lowest BCUT2D eigenvalue weighted by molar-refractivity contribution is -0.130. The summed E-state index contributed by atoms with van der Waals surface area (Å²) in [4.78, 5) is 40.3. The lowest BCUT2D eigenvalue weighted by Gasteiger charge is -2.19. The van der Waals surface area contributed by atoms with Crippen molar-refractivity contribution in [1.29, 1.82) is 0 Å². The molecule has 1 N–H and O–H groups in total. The van der Waals surface area contributed by atoms with Gasteiger partial charge < -0.3 is 5.32 Å². The number of nitrogens with one attached hydrogen (secondary N) is 1. The van der Waals surface area contributed by atoms with Crippen molar-refractivity contribution in [2.75, 3.05) is 16.8 Å². The zero-order chi connectivity index (χ0) is 19.6. The Morgan fingerprint density at radius 1 is 1.07 bits per heavy atom. The average Bonchev–Trinajstić information content (AvgIpc) is 2.87. The van der Waals surface area contributed by atoms with E-state index in [0.29, 0.717) is 5.69 Å². The first-order valence-electron chi connectivity index (χ1n) is 9.02. The molecule has 1 aliphatic heterocycles. The number of hydrogen-bond donors (Lipinski definition) is 1. The van der Waals surface area contributed by atoms with E-state index in [2.05, 4.69) is 5.32 Å². The molecule has 1 fully saturated rings. The molecule has 0 aliphatic carbocycles. The number of carbonyl (C=O) groups excluding carboxylic acids is 3. The highest BCUT2D eigenvalue weighted by Gasteiger charge is 2.44. The summed E-state index contributed by atoms with van der Waals surface area (Å²) in [6, 6.07) is 13.7. The van der Waals surface area contributed by atoms with Gasteiger partial charge >= 0.3 is 6.03 Å². The van der Waals surface area contributed by atoms with Gasteiger partial charge in [0.1, 0.15) is 12.6 Å². The Kier molecular flexibility index (Phi) is 5.26. The van der Waals surface area contributed by atoms with Crippen LogP contribution in [0.15, 0.2) is 48.5 Å². The number of carbonyl (C=O) groups is 3. The third-order valence-corrected chi connectivity index (χ3v) is 4.79. The number of imide groups is 1. The quantitative estimate of drug-likeness (QED) is 0.826. The van der Waals surface area contributed by atoms with Crippen molar-refractivity contribution in [2.45, 2.75) is 33.2 Å². The van der Waals surface area contributed by atoms with E-state index in [0.717, 1.165) is 28.1 Å². The Bertz CT molecular complexity index is 879. The van der Waals surface area contributed by atoms with Gasteiger partial charge in [-0.1, -0.05) is 43.3 Å². The van der Waals surface area contributed by atoms with Gasteiger partial charge in [0, 0.05) is 11.4 Å². The van der Waals surface area contributed by atoms with Crippen molar-refractivity contribution < 1.29 is 14.4 Å². The highest BCUT2D eigenvalue weighted by atomic mass is 16.2. The van der Waals surface area contributed by atoms with Gasteiger partial charge in [-0.2, -0.15) is 0 Å². The number of anilines is 2. The molecule has 0 radical (unpaired) electrons. The average molecular weight is 365 g/mol. The van der Waals surface area contributed by atoms with Crippen LogP contribution >= 0.6 is 0 Å². The first kappa shape index (κ1) is 18.6. The minimum absolute atomic E-state index is 0.303. The molecule has 2 aromatic rings. The normalized spacial score (nSPS) is 16.8. The highest BCUT2D eigenvalue weighted by molar-refractivity contribution is 6.16. The van der Waals surface area contributed by atoms with E-state index in [1.165, 1.54) is 4.90 Å². The molecule has 27 heavy (non-hydrogen) atoms. The fraction of sp³-hybridized carbons (Fsp3) is 0.286. The number of urea groups is 1. The molecule has 4 amide bonds. The molecule has 0 unspecified atom stereocenters. The molecule has 1 aliphatic rings. The number of nitrogens with zero attached hydrogens (tertiary/aromatic N) is 2. The van der Waals surface area contributed by atoms with Gasteiger partial charge in [0.25, 0.3) is 5.91 Å². The summed E-state index contributed by atoms with van der Waals surface area (Å²) in [6.45, 7) is 5.29. The van der Waals surface area contributed by atoms with Crippen LogP contribution in [-0.2, 0) is 16.0 Å². The molecular weight excluding hydrogens is 342 g/mol. The topological polar surface area (TPSA) is 69.7 Å². The minimum atomic E-state index is -0.641. The minimum Gasteiger partial charge on any atom is -0.324 e. The van der Waals surface area contributed by atoms with E-state index in [1.807, 2.05) is 38.1 Å². The first-order valence-corrected chi connectivity index (χ1v) is 9.02. The molecule has 0 spiro atoms. The van der Waals surface area contributed by atoms with Crippen molar-refractivity contribution in [3.05, 3.63) is 59.7 Å². The number of benzene rings is 2. The predicted octanol–water partition coefficient (Wildman–Crippen LogP) is 3.35. The molecule has 0 bridgehead atoms. The third kappa shape index (κ3) is 3.56. The van der Waals surface area contributed by atoms with Gasteiger partial charge in [-0.25, -0.2) is 4.79 Å². The molecule has 3 rings (SSSR count). The van der Waals surface area contributed by atoms with E-state index in [1.54, 1.807) is 31.2 Å². The molecule has 1 heterocycles. The van der Waals surface area contributed by atoms with Crippen LogP contribution in [0.4, 0.5) is 16.2 Å². The molecule has 140 valence electrons. The summed E-state index contributed by atoms with van der Waals surface area (Å²) >= 11 is 0. The summed E-state index contributed by atoms with van der Waals surface area (Å²) in [7, 11) is 0. The van der Waals surface area contributed by atoms with E-state index in [-0.39, 0.29) is 18.4 Å². The van der Waals surface area contributed by atoms with Gasteiger partial charge in [0.05, 0.1) is 0 Å². The second-order valence-corrected chi connectivity index (χ2v) is 6.60. The van der Waals surface area contributed by atoms with Crippen LogP contribution in [0, 0.1) is 6.92 Å². The standard InChI is InChI=1S/C21H23N3O3/c1-4-16-10-8-9-14(2)19(16)22-18(25)13-23-20(26)15(3)24(21(23)27)17-11-6-5-7-12-17/h5-12,15H,4,13H2,1-3H3,(H,22,25)/t15-/m0/s1. The summed E-state index contributed by atoms with van der Waals surface area (Å²) in [5.74, 6) is -0.762. The number of aryl methyl sites for hydroxylation is 2. The number of hydrogen-bond acceptors (Lipinski definition) is 3. The predicted molar refractivity (Wildman–Crippen MR) is 105 cm³/mol. The second kappa shape index (κ2) is 7.61. The Hall–Kier alpha value is -3.15. The fourth-order valence-electron chi connectivity index (χ4n) is 3.32. The SMILES string of the molecule is CCc1cccc(C)c1NC(=O)CN1C(=O)[C@H](C)N(c2ccccc2)C1=O. The number of para-hydroxylation sites is 2. The summed E-state index contributed by atoms with van der Waals surface area (Å²) in [6.07, 6.45) is 0.775. The van der Waals surface area contributed by atoms with E-state index in [4.69, 9.17) is 0 Å². The maximum absolute atomic E-state index is 12.8. The molecule has 0 saturated carbocycles. The zero-order valence-corrected chi connectivity index (χ0v) is 15.7. The largest absolute Gasteiger partial charge is 0.332 e. The molecule has 2 aromatic carbocycles. The van der Waals surface area contributed by atoms with Gasteiger partial charge in [0.2, 0.25) is 5.91 Å². The Morgan fingerprint density at radius 3 is 2.44 bits per heavy atom. The summed E-state index contributed by atoms with van der Waals surface area (Å²) in [5, 5.41) is 2.86. The van der Waals surface area contributed by atoms with Crippen molar-refractivity contribution in [3.63, 3.8) is 0 Å². The third-order valence-electron chi connectivity index (χ3n) is 4.79. The van der Waals surface area contributed by atoms with Crippen molar-refractivity contribution in [3.8, 4) is 0 Å². The molecule has 1 atom stereocenters. The van der Waals surface area contributed by atoms with Gasteiger partial charge in [-0.15, -0.1) is 0 Å². The fourth-order valence-corrected chi connectivity index (χ4v) is 3.32. The van der Waals surface area contributed by atoms with E-state index >= 15 is 0 Å². The first-order chi connectivity index (χ1) is 12.9. The van der Waals surface area contributed by atoms with Crippen LogP contribution < -0.4 is 10.2 Å². The lowest BCUT2D eigenvalue weighted by atomic mass is 10.1. The smallest absolute Gasteiger partial charge is 0.324 e. The Labute approximate surface area is 158 Å². The maximum Gasteiger partial charge on any atom is 0.332 e. The molecule has 6 nitrogen and oxygen atoms in total. The number of rotatable bonds is 5.